The highest BCUT2D eigenvalue weighted by atomic mass is 35.5. The van der Waals surface area contributed by atoms with E-state index in [-0.39, 0.29) is 11.8 Å². The van der Waals surface area contributed by atoms with Crippen molar-refractivity contribution in [2.75, 3.05) is 5.32 Å². The second-order valence-corrected chi connectivity index (χ2v) is 9.48. The van der Waals surface area contributed by atoms with Crippen LogP contribution in [-0.2, 0) is 11.3 Å². The molecule has 0 spiro atoms. The average molecular weight is 438 g/mol. The molecule has 4 rings (SSSR count). The summed E-state index contributed by atoms with van der Waals surface area (Å²) in [4.78, 5) is 32.0. The fourth-order valence-electron chi connectivity index (χ4n) is 4.18. The quantitative estimate of drug-likeness (QED) is 0.682. The number of carbonyl (C=O) groups excluding carboxylic acids is 2. The molecule has 148 valence electrons. The van der Waals surface area contributed by atoms with Crippen LogP contribution in [0.25, 0.3) is 0 Å². The van der Waals surface area contributed by atoms with Crippen molar-refractivity contribution in [3.8, 4) is 0 Å². The van der Waals surface area contributed by atoms with Gasteiger partial charge < -0.3 is 10.2 Å². The smallest absolute Gasteiger partial charge is 0.255 e. The van der Waals surface area contributed by atoms with Crippen molar-refractivity contribution >= 4 is 51.5 Å². The van der Waals surface area contributed by atoms with E-state index in [1.54, 1.807) is 23.1 Å². The first kappa shape index (κ1) is 19.7. The molecule has 0 unspecified atom stereocenters. The van der Waals surface area contributed by atoms with Crippen molar-refractivity contribution in [1.29, 1.82) is 0 Å². The Bertz CT molecular complexity index is 895. The van der Waals surface area contributed by atoms with Gasteiger partial charge in [0.05, 0.1) is 6.20 Å². The Balaban J connectivity index is 1.58. The highest BCUT2D eigenvalue weighted by molar-refractivity contribution is 7.19. The first-order valence-electron chi connectivity index (χ1n) is 9.53. The number of thiazole rings is 1. The van der Waals surface area contributed by atoms with Crippen molar-refractivity contribution < 1.29 is 9.59 Å². The van der Waals surface area contributed by atoms with Crippen molar-refractivity contribution in [2.45, 2.75) is 51.1 Å². The summed E-state index contributed by atoms with van der Waals surface area (Å²) in [7, 11) is 0. The van der Waals surface area contributed by atoms with E-state index >= 15 is 0 Å². The van der Waals surface area contributed by atoms with Crippen LogP contribution >= 0.6 is 34.5 Å². The topological polar surface area (TPSA) is 62.3 Å². The molecule has 28 heavy (non-hydrogen) atoms. The van der Waals surface area contributed by atoms with Crippen molar-refractivity contribution in [1.82, 2.24) is 9.88 Å². The number of amides is 2. The normalized spacial score (nSPS) is 18.2. The number of carbonyl (C=O) groups is 2. The van der Waals surface area contributed by atoms with Gasteiger partial charge >= 0.3 is 0 Å². The molecule has 1 aromatic carbocycles. The second kappa shape index (κ2) is 8.39. The summed E-state index contributed by atoms with van der Waals surface area (Å²) in [6, 6.07) is 4.78. The summed E-state index contributed by atoms with van der Waals surface area (Å²) in [5.74, 6) is 0.0934. The molecule has 2 heterocycles. The van der Waals surface area contributed by atoms with Crippen LogP contribution in [0.4, 0.5) is 5.13 Å². The molecule has 1 fully saturated rings. The van der Waals surface area contributed by atoms with Crippen LogP contribution in [0.3, 0.4) is 0 Å². The minimum atomic E-state index is -0.554. The van der Waals surface area contributed by atoms with Crippen molar-refractivity contribution in [3.63, 3.8) is 0 Å². The van der Waals surface area contributed by atoms with E-state index in [2.05, 4.69) is 10.3 Å². The molecule has 2 amide bonds. The zero-order valence-corrected chi connectivity index (χ0v) is 17.6. The molecule has 8 heteroatoms. The van der Waals surface area contributed by atoms with E-state index < -0.39 is 6.04 Å². The van der Waals surface area contributed by atoms with Crippen LogP contribution in [-0.4, -0.2) is 27.7 Å². The number of anilines is 1. The Kier molecular flexibility index (Phi) is 5.90. The molecule has 5 nitrogen and oxygen atoms in total. The van der Waals surface area contributed by atoms with E-state index in [0.717, 1.165) is 18.4 Å². The third-order valence-corrected chi connectivity index (χ3v) is 6.99. The van der Waals surface area contributed by atoms with Crippen LogP contribution in [0.15, 0.2) is 24.4 Å². The maximum Gasteiger partial charge on any atom is 0.255 e. The summed E-state index contributed by atoms with van der Waals surface area (Å²) in [5.41, 5.74) is 1.39. The average Bonchev–Trinajstić information content (AvgIpc) is 3.25. The molecule has 1 N–H and O–H groups in total. The third-order valence-electron chi connectivity index (χ3n) is 5.61. The summed E-state index contributed by atoms with van der Waals surface area (Å²) in [5, 5.41) is 3.86. The first-order valence-corrected chi connectivity index (χ1v) is 11.1. The van der Waals surface area contributed by atoms with Gasteiger partial charge in [-0.3, -0.25) is 9.59 Å². The number of benzene rings is 1. The largest absolute Gasteiger partial charge is 0.322 e. The predicted octanol–water partition coefficient (Wildman–Crippen LogP) is 5.38. The molecule has 0 saturated heterocycles. The second-order valence-electron chi connectivity index (χ2n) is 7.41. The molecule has 2 aromatic rings. The molecule has 1 aromatic heterocycles. The first-order chi connectivity index (χ1) is 13.5. The number of aromatic nitrogens is 1. The highest BCUT2D eigenvalue weighted by Crippen LogP contribution is 2.35. The summed E-state index contributed by atoms with van der Waals surface area (Å²) < 4.78 is 0.510. The van der Waals surface area contributed by atoms with E-state index in [1.165, 1.54) is 36.8 Å². The van der Waals surface area contributed by atoms with Crippen molar-refractivity contribution in [2.24, 2.45) is 5.92 Å². The lowest BCUT2D eigenvalue weighted by molar-refractivity contribution is -0.121. The van der Waals surface area contributed by atoms with Gasteiger partial charge in [-0.25, -0.2) is 4.98 Å². The van der Waals surface area contributed by atoms with Gasteiger partial charge in [-0.15, -0.1) is 0 Å². The predicted molar refractivity (Wildman–Crippen MR) is 112 cm³/mol. The van der Waals surface area contributed by atoms with E-state index in [9.17, 15) is 9.59 Å². The number of halogens is 2. The summed E-state index contributed by atoms with van der Waals surface area (Å²) in [6.07, 6.45) is 7.97. The Morgan fingerprint density at radius 2 is 2.07 bits per heavy atom. The molecular formula is C20H21Cl2N3O2S. The van der Waals surface area contributed by atoms with Gasteiger partial charge in [0.2, 0.25) is 5.91 Å². The lowest BCUT2D eigenvalue weighted by Crippen LogP contribution is -2.45. The molecular weight excluding hydrogens is 417 g/mol. The number of nitrogens with one attached hydrogen (secondary N) is 1. The van der Waals surface area contributed by atoms with Gasteiger partial charge in [0.15, 0.2) is 5.13 Å². The minimum absolute atomic E-state index is 0.134. The molecule has 0 bridgehead atoms. The number of nitrogens with zero attached hydrogens (tertiary/aromatic N) is 2. The molecule has 1 aliphatic heterocycles. The van der Waals surface area contributed by atoms with Crippen molar-refractivity contribution in [3.05, 3.63) is 44.9 Å². The van der Waals surface area contributed by atoms with E-state index in [4.69, 9.17) is 23.2 Å². The Hall–Kier alpha value is -1.63. The fraction of sp³-hybridized carbons (Fsp3) is 0.450. The van der Waals surface area contributed by atoms with E-state index in [1.807, 2.05) is 0 Å². The number of fused-ring (bicyclic) bond motifs is 1. The number of hydrogen-bond acceptors (Lipinski definition) is 4. The summed E-state index contributed by atoms with van der Waals surface area (Å²) in [6.45, 7) is 0.358. The van der Waals surface area contributed by atoms with Crippen LogP contribution < -0.4 is 5.32 Å². The monoisotopic (exact) mass is 437 g/mol. The molecule has 2 aliphatic rings. The Labute approximate surface area is 178 Å². The van der Waals surface area contributed by atoms with Gasteiger partial charge in [-0.1, -0.05) is 72.7 Å². The maximum atomic E-state index is 13.1. The van der Waals surface area contributed by atoms with Gasteiger partial charge in [-0.2, -0.15) is 0 Å². The molecule has 0 radical (unpaired) electrons. The fourth-order valence-corrected chi connectivity index (χ4v) is 5.23. The number of hydrogen-bond donors (Lipinski definition) is 1. The van der Waals surface area contributed by atoms with Gasteiger partial charge in [0.25, 0.3) is 5.91 Å². The van der Waals surface area contributed by atoms with Crippen LogP contribution in [0.5, 0.6) is 0 Å². The highest BCUT2D eigenvalue weighted by Gasteiger charge is 2.38. The lowest BCUT2D eigenvalue weighted by atomic mass is 9.84. The third kappa shape index (κ3) is 4.04. The van der Waals surface area contributed by atoms with Gasteiger partial charge in [-0.05, 0) is 24.5 Å². The lowest BCUT2D eigenvalue weighted by Gasteiger charge is -2.31. The molecule has 1 aliphatic carbocycles. The SMILES string of the molecule is O=C(Nc1ncc(Cl)s1)[C@@H](CC1CCCCC1)N1Cc2c(Cl)cccc2C1=O. The van der Waals surface area contributed by atoms with Crippen LogP contribution in [0.1, 0.15) is 54.4 Å². The van der Waals surface area contributed by atoms with E-state index in [0.29, 0.717) is 38.9 Å². The zero-order chi connectivity index (χ0) is 19.7. The standard InChI is InChI=1S/C20H21Cl2N3O2S/c21-15-8-4-7-13-14(15)11-25(19(13)27)16(9-12-5-2-1-3-6-12)18(26)24-20-23-10-17(22)28-20/h4,7-8,10,12,16H,1-3,5-6,9,11H2,(H,23,24,26)/t16-/m1/s1. The molecule has 1 atom stereocenters. The Morgan fingerprint density at radius 3 is 2.75 bits per heavy atom. The van der Waals surface area contributed by atoms with Crippen LogP contribution in [0.2, 0.25) is 9.36 Å². The maximum absolute atomic E-state index is 13.1. The minimum Gasteiger partial charge on any atom is -0.322 e. The van der Waals surface area contributed by atoms with Gasteiger partial charge in [0, 0.05) is 22.7 Å². The molecule has 1 saturated carbocycles. The number of rotatable bonds is 5. The summed E-state index contributed by atoms with van der Waals surface area (Å²) >= 11 is 13.5. The zero-order valence-electron chi connectivity index (χ0n) is 15.3. The Morgan fingerprint density at radius 1 is 1.29 bits per heavy atom. The van der Waals surface area contributed by atoms with Crippen LogP contribution in [0, 0.1) is 5.92 Å². The van der Waals surface area contributed by atoms with Gasteiger partial charge in [0.1, 0.15) is 10.4 Å².